The van der Waals surface area contributed by atoms with E-state index < -0.39 is 0 Å². The molecule has 4 rings (SSSR count). The zero-order valence-electron chi connectivity index (χ0n) is 12.7. The van der Waals surface area contributed by atoms with Crippen molar-refractivity contribution in [1.82, 2.24) is 0 Å². The molecule has 0 atom stereocenters. The molecule has 0 aliphatic carbocycles. The van der Waals surface area contributed by atoms with Gasteiger partial charge in [-0.3, -0.25) is 0 Å². The maximum Gasteiger partial charge on any atom is -0.00266 e. The molecule has 0 aliphatic rings. The zero-order valence-corrected chi connectivity index (χ0v) is 12.7. The molecule has 0 spiro atoms. The second-order valence-electron chi connectivity index (χ2n) is 5.66. The first-order valence-electron chi connectivity index (χ1n) is 7.88. The summed E-state index contributed by atoms with van der Waals surface area (Å²) < 4.78 is 0. The topological polar surface area (TPSA) is 0 Å². The average molecular weight is 331 g/mol. The second kappa shape index (κ2) is 8.48. The van der Waals surface area contributed by atoms with Crippen molar-refractivity contribution in [2.24, 2.45) is 0 Å². The summed E-state index contributed by atoms with van der Waals surface area (Å²) in [5, 5.41) is 5.46. The number of fused-ring (bicyclic) bond motifs is 2. The highest BCUT2D eigenvalue weighted by Crippen LogP contribution is 2.39. The van der Waals surface area contributed by atoms with Crippen molar-refractivity contribution in [1.29, 1.82) is 0 Å². The van der Waals surface area contributed by atoms with Gasteiger partial charge in [0, 0.05) is 0 Å². The van der Waals surface area contributed by atoms with Gasteiger partial charge in [0.15, 0.2) is 0 Å². The molecule has 0 unspecified atom stereocenters. The lowest BCUT2D eigenvalue weighted by atomic mass is 9.88. The summed E-state index contributed by atoms with van der Waals surface area (Å²) in [5.74, 6) is 0. The molecular weight excluding hydrogens is 300 g/mol. The minimum absolute atomic E-state index is 0. The average Bonchev–Trinajstić information content (AvgIpc) is 2.60. The van der Waals surface area contributed by atoms with E-state index in [4.69, 9.17) is 0 Å². The number of aryl methyl sites for hydroxylation is 1. The Morgan fingerprint density at radius 1 is 0.520 bits per heavy atom. The van der Waals surface area contributed by atoms with Gasteiger partial charge in [0.25, 0.3) is 0 Å². The van der Waals surface area contributed by atoms with Crippen LogP contribution in [0.4, 0.5) is 0 Å². The maximum atomic E-state index is 2.26. The molecule has 0 nitrogen and oxygen atoms in total. The lowest BCUT2D eigenvalue weighted by Crippen LogP contribution is -1.91. The minimum Gasteiger partial charge on any atom is -0.0776 e. The fourth-order valence-corrected chi connectivity index (χ4v) is 3.52. The van der Waals surface area contributed by atoms with Gasteiger partial charge in [-0.2, -0.15) is 0 Å². The molecule has 0 heterocycles. The summed E-state index contributed by atoms with van der Waals surface area (Å²) in [6.07, 6.45) is 1.05. The van der Waals surface area contributed by atoms with E-state index in [9.17, 15) is 0 Å². The monoisotopic (exact) mass is 330 g/mol. The molecule has 0 saturated heterocycles. The highest BCUT2D eigenvalue weighted by molar-refractivity contribution is 6.14. The molecule has 130 valence electrons. The Morgan fingerprint density at radius 2 is 0.920 bits per heavy atom. The van der Waals surface area contributed by atoms with Gasteiger partial charge < -0.3 is 0 Å². The van der Waals surface area contributed by atoms with Crippen LogP contribution in [0, 0.1) is 0 Å². The molecule has 0 amide bonds. The first-order valence-corrected chi connectivity index (χ1v) is 7.88. The van der Waals surface area contributed by atoms with E-state index in [1.807, 2.05) is 0 Å². The minimum atomic E-state index is 0. The molecule has 0 heteroatoms. The summed E-state index contributed by atoms with van der Waals surface area (Å²) in [7, 11) is 0. The summed E-state index contributed by atoms with van der Waals surface area (Å²) in [6, 6.07) is 28.3. The van der Waals surface area contributed by atoms with Crippen molar-refractivity contribution in [2.75, 3.05) is 0 Å². The number of hydrogen-bond acceptors (Lipinski definition) is 0. The Hall–Kier alpha value is -2.60. The molecule has 0 saturated carbocycles. The van der Waals surface area contributed by atoms with Gasteiger partial charge in [0.1, 0.15) is 0 Å². The van der Waals surface area contributed by atoms with Crippen molar-refractivity contribution in [3.63, 3.8) is 0 Å². The Bertz CT molecular complexity index is 892. The van der Waals surface area contributed by atoms with Gasteiger partial charge in [-0.05, 0) is 44.7 Å². The molecule has 0 radical (unpaired) electrons. The number of benzene rings is 4. The normalized spacial score (nSPS) is 9.80. The third-order valence-electron chi connectivity index (χ3n) is 4.46. The van der Waals surface area contributed by atoms with Gasteiger partial charge in [0.2, 0.25) is 0 Å². The molecule has 4 aromatic rings. The summed E-state index contributed by atoms with van der Waals surface area (Å²) in [5.41, 5.74) is 4.09. The van der Waals surface area contributed by atoms with E-state index >= 15 is 0 Å². The largest absolute Gasteiger partial charge is 0.0776 e. The van der Waals surface area contributed by atoms with E-state index in [1.54, 1.807) is 0 Å². The van der Waals surface area contributed by atoms with Gasteiger partial charge in [-0.25, -0.2) is 0 Å². The van der Waals surface area contributed by atoms with Crippen molar-refractivity contribution < 1.29 is 0 Å². The molecule has 0 fully saturated rings. The standard InChI is InChI=1S/C22H18.3CH4/c1-2-17-18-12-6-8-14-20(18)22(16-10-4-3-5-11-16)21-15-9-7-13-19(17)21;;;/h3-15H,2H2,1H3;3*1H4. The predicted molar refractivity (Wildman–Crippen MR) is 116 cm³/mol. The maximum absolute atomic E-state index is 2.26. The van der Waals surface area contributed by atoms with Gasteiger partial charge in [-0.1, -0.05) is 108 Å². The van der Waals surface area contributed by atoms with Crippen molar-refractivity contribution in [3.05, 3.63) is 84.4 Å². The molecular formula is C25H30. The molecule has 0 aromatic heterocycles. The third kappa shape index (κ3) is 3.30. The van der Waals surface area contributed by atoms with Crippen LogP contribution in [-0.2, 0) is 6.42 Å². The van der Waals surface area contributed by atoms with Crippen LogP contribution < -0.4 is 0 Å². The molecule has 0 bridgehead atoms. The van der Waals surface area contributed by atoms with Crippen LogP contribution in [0.1, 0.15) is 34.8 Å². The van der Waals surface area contributed by atoms with Crippen LogP contribution in [-0.4, -0.2) is 0 Å². The quantitative estimate of drug-likeness (QED) is 0.325. The van der Waals surface area contributed by atoms with Crippen molar-refractivity contribution in [3.8, 4) is 11.1 Å². The smallest absolute Gasteiger partial charge is 0.00266 e. The van der Waals surface area contributed by atoms with E-state index in [1.165, 1.54) is 38.2 Å². The highest BCUT2D eigenvalue weighted by Gasteiger charge is 2.13. The van der Waals surface area contributed by atoms with Crippen LogP contribution in [0.5, 0.6) is 0 Å². The van der Waals surface area contributed by atoms with Crippen LogP contribution in [0.25, 0.3) is 32.7 Å². The summed E-state index contributed by atoms with van der Waals surface area (Å²) in [6.45, 7) is 2.25. The van der Waals surface area contributed by atoms with Crippen molar-refractivity contribution >= 4 is 21.5 Å². The van der Waals surface area contributed by atoms with Crippen LogP contribution in [0.2, 0.25) is 0 Å². The molecule has 0 N–H and O–H groups in total. The van der Waals surface area contributed by atoms with E-state index in [0.717, 1.165) is 6.42 Å². The Balaban J connectivity index is 0.00000104. The Morgan fingerprint density at radius 3 is 1.36 bits per heavy atom. The first kappa shape index (κ1) is 20.4. The SMILES string of the molecule is C.C.C.CCc1c2ccccc2c(-c2ccccc2)c2ccccc12. The van der Waals surface area contributed by atoms with Gasteiger partial charge in [-0.15, -0.1) is 0 Å². The lowest BCUT2D eigenvalue weighted by Gasteiger charge is -2.16. The Labute approximate surface area is 153 Å². The molecule has 4 aromatic carbocycles. The van der Waals surface area contributed by atoms with Crippen LogP contribution in [0.15, 0.2) is 78.9 Å². The lowest BCUT2D eigenvalue weighted by molar-refractivity contribution is 1.18. The summed E-state index contributed by atoms with van der Waals surface area (Å²) in [4.78, 5) is 0. The number of rotatable bonds is 2. The summed E-state index contributed by atoms with van der Waals surface area (Å²) >= 11 is 0. The van der Waals surface area contributed by atoms with Crippen LogP contribution in [0.3, 0.4) is 0 Å². The van der Waals surface area contributed by atoms with Crippen molar-refractivity contribution in [2.45, 2.75) is 35.6 Å². The van der Waals surface area contributed by atoms with Gasteiger partial charge >= 0.3 is 0 Å². The Kier molecular flexibility index (Phi) is 6.94. The predicted octanol–water partition coefficient (Wildman–Crippen LogP) is 8.13. The first-order chi connectivity index (χ1) is 10.9. The van der Waals surface area contributed by atoms with E-state index in [-0.39, 0.29) is 22.3 Å². The van der Waals surface area contributed by atoms with Crippen LogP contribution >= 0.6 is 0 Å². The van der Waals surface area contributed by atoms with E-state index in [0.29, 0.717) is 0 Å². The van der Waals surface area contributed by atoms with E-state index in [2.05, 4.69) is 85.8 Å². The zero-order chi connectivity index (χ0) is 14.9. The fraction of sp³-hybridized carbons (Fsp3) is 0.200. The fourth-order valence-electron chi connectivity index (χ4n) is 3.52. The highest BCUT2D eigenvalue weighted by atomic mass is 14.2. The van der Waals surface area contributed by atoms with Gasteiger partial charge in [0.05, 0.1) is 0 Å². The molecule has 0 aliphatic heterocycles. The third-order valence-corrected chi connectivity index (χ3v) is 4.46. The molecule has 25 heavy (non-hydrogen) atoms. The second-order valence-corrected chi connectivity index (χ2v) is 5.66. The number of hydrogen-bond donors (Lipinski definition) is 0.